The van der Waals surface area contributed by atoms with Crippen molar-refractivity contribution in [3.63, 3.8) is 0 Å². The number of H-pyrrole nitrogens is 1. The van der Waals surface area contributed by atoms with Crippen LogP contribution >= 0.6 is 0 Å². The maximum Gasteiger partial charge on any atom is 0.335 e. The molecule has 6 heteroatoms. The van der Waals surface area contributed by atoms with Gasteiger partial charge in [-0.15, -0.1) is 0 Å². The van der Waals surface area contributed by atoms with Gasteiger partial charge in [-0.1, -0.05) is 39.7 Å². The monoisotopic (exact) mass is 436 g/mol. The van der Waals surface area contributed by atoms with E-state index in [1.807, 2.05) is 24.4 Å². The summed E-state index contributed by atoms with van der Waals surface area (Å²) in [5.74, 6) is -0.402. The van der Waals surface area contributed by atoms with Crippen LogP contribution in [-0.4, -0.2) is 29.1 Å². The molecule has 0 aliphatic carbocycles. The van der Waals surface area contributed by atoms with Crippen LogP contribution in [0.4, 0.5) is 5.69 Å². The molecule has 0 saturated heterocycles. The van der Waals surface area contributed by atoms with Crippen LogP contribution in [0.3, 0.4) is 0 Å². The topological polar surface area (TPSA) is 91.4 Å². The second-order valence-corrected chi connectivity index (χ2v) is 8.22. The van der Waals surface area contributed by atoms with Gasteiger partial charge in [0.1, 0.15) is 5.75 Å². The first-order valence-electron chi connectivity index (χ1n) is 11.2. The fourth-order valence-electron chi connectivity index (χ4n) is 4.16. The molecule has 2 aromatic carbocycles. The van der Waals surface area contributed by atoms with Crippen molar-refractivity contribution in [1.29, 1.82) is 0 Å². The van der Waals surface area contributed by atoms with Crippen LogP contribution in [0.25, 0.3) is 10.9 Å². The summed E-state index contributed by atoms with van der Waals surface area (Å²) >= 11 is 0. The van der Waals surface area contributed by atoms with E-state index in [9.17, 15) is 14.7 Å². The van der Waals surface area contributed by atoms with E-state index in [0.29, 0.717) is 5.75 Å². The predicted octanol–water partition coefficient (Wildman–Crippen LogP) is 6.18. The van der Waals surface area contributed by atoms with Gasteiger partial charge in [-0.05, 0) is 48.7 Å². The van der Waals surface area contributed by atoms with E-state index in [1.54, 1.807) is 25.3 Å². The molecule has 3 N–H and O–H groups in total. The number of hydrogen-bond acceptors (Lipinski definition) is 3. The van der Waals surface area contributed by atoms with E-state index < -0.39 is 5.97 Å². The molecule has 0 radical (unpaired) electrons. The number of fused-ring (bicyclic) bond motifs is 1. The van der Waals surface area contributed by atoms with E-state index in [4.69, 9.17) is 4.74 Å². The molecule has 3 aromatic rings. The van der Waals surface area contributed by atoms with Gasteiger partial charge in [0, 0.05) is 40.2 Å². The minimum atomic E-state index is -0.987. The number of carboxylic acids is 1. The van der Waals surface area contributed by atoms with Gasteiger partial charge in [-0.2, -0.15) is 0 Å². The number of unbranched alkanes of at least 4 members (excludes halogenated alkanes) is 1. The quantitative estimate of drug-likeness (QED) is 0.354. The van der Waals surface area contributed by atoms with Gasteiger partial charge < -0.3 is 20.1 Å². The van der Waals surface area contributed by atoms with Crippen LogP contribution in [-0.2, 0) is 4.79 Å². The number of benzene rings is 2. The van der Waals surface area contributed by atoms with Crippen LogP contribution in [0.2, 0.25) is 0 Å². The Morgan fingerprint density at radius 2 is 1.91 bits per heavy atom. The first-order chi connectivity index (χ1) is 15.4. The molecule has 2 unspecified atom stereocenters. The number of rotatable bonds is 10. The van der Waals surface area contributed by atoms with Gasteiger partial charge in [0.05, 0.1) is 12.7 Å². The minimum absolute atomic E-state index is 0.0206. The Balaban J connectivity index is 1.90. The summed E-state index contributed by atoms with van der Waals surface area (Å²) in [4.78, 5) is 27.4. The largest absolute Gasteiger partial charge is 0.496 e. The number of carboxylic acid groups (broad SMARTS) is 1. The fourth-order valence-corrected chi connectivity index (χ4v) is 4.16. The number of carbonyl (C=O) groups is 2. The average Bonchev–Trinajstić information content (AvgIpc) is 3.21. The predicted molar refractivity (Wildman–Crippen MR) is 128 cm³/mol. The van der Waals surface area contributed by atoms with E-state index in [-0.39, 0.29) is 23.3 Å². The normalized spacial score (nSPS) is 13.0. The fraction of sp³-hybridized carbons (Fsp3) is 0.385. The van der Waals surface area contributed by atoms with Crippen LogP contribution in [0.1, 0.15) is 73.9 Å². The number of anilines is 1. The number of hydrogen-bond donors (Lipinski definition) is 3. The van der Waals surface area contributed by atoms with Crippen molar-refractivity contribution in [2.45, 2.75) is 52.4 Å². The molecular formula is C26H32N2O4. The van der Waals surface area contributed by atoms with Crippen LogP contribution < -0.4 is 10.1 Å². The van der Waals surface area contributed by atoms with Crippen LogP contribution in [0, 0.1) is 5.92 Å². The molecule has 0 spiro atoms. The summed E-state index contributed by atoms with van der Waals surface area (Å²) in [5.41, 5.74) is 3.90. The van der Waals surface area contributed by atoms with Gasteiger partial charge >= 0.3 is 5.97 Å². The van der Waals surface area contributed by atoms with Crippen molar-refractivity contribution in [2.75, 3.05) is 12.4 Å². The first kappa shape index (κ1) is 23.4. The SMILES string of the molecule is CCCCC(CC)C(=O)Nc1ccc2[nH]cc(C(C)c3ccc(C(=O)O)cc3OC)c2c1. The number of ether oxygens (including phenoxy) is 1. The van der Waals surface area contributed by atoms with E-state index in [0.717, 1.165) is 53.4 Å². The molecule has 32 heavy (non-hydrogen) atoms. The number of aromatic amines is 1. The van der Waals surface area contributed by atoms with Crippen molar-refractivity contribution in [2.24, 2.45) is 5.92 Å². The second kappa shape index (κ2) is 10.4. The maximum absolute atomic E-state index is 12.8. The van der Waals surface area contributed by atoms with Crippen LogP contribution in [0.5, 0.6) is 5.75 Å². The highest BCUT2D eigenvalue weighted by Crippen LogP contribution is 2.36. The van der Waals surface area contributed by atoms with Gasteiger partial charge in [0.25, 0.3) is 0 Å². The van der Waals surface area contributed by atoms with Crippen molar-refractivity contribution in [1.82, 2.24) is 4.98 Å². The van der Waals surface area contributed by atoms with E-state index in [1.165, 1.54) is 0 Å². The van der Waals surface area contributed by atoms with Crippen molar-refractivity contribution in [3.05, 3.63) is 59.3 Å². The third-order valence-electron chi connectivity index (χ3n) is 6.16. The number of nitrogens with one attached hydrogen (secondary N) is 2. The molecule has 1 amide bonds. The Morgan fingerprint density at radius 3 is 2.56 bits per heavy atom. The zero-order valence-corrected chi connectivity index (χ0v) is 19.2. The molecule has 3 rings (SSSR count). The third kappa shape index (κ3) is 4.96. The highest BCUT2D eigenvalue weighted by atomic mass is 16.5. The molecular weight excluding hydrogens is 404 g/mol. The molecule has 2 atom stereocenters. The Hall–Kier alpha value is -3.28. The Kier molecular flexibility index (Phi) is 7.57. The number of amides is 1. The highest BCUT2D eigenvalue weighted by Gasteiger charge is 2.20. The highest BCUT2D eigenvalue weighted by molar-refractivity contribution is 5.96. The molecule has 1 heterocycles. The zero-order chi connectivity index (χ0) is 23.3. The molecule has 0 aliphatic rings. The molecule has 170 valence electrons. The summed E-state index contributed by atoms with van der Waals surface area (Å²) < 4.78 is 5.48. The molecule has 0 aliphatic heterocycles. The average molecular weight is 437 g/mol. The molecule has 0 bridgehead atoms. The molecule has 0 fully saturated rings. The molecule has 6 nitrogen and oxygen atoms in total. The summed E-state index contributed by atoms with van der Waals surface area (Å²) in [6.07, 6.45) is 5.82. The Bertz CT molecular complexity index is 1100. The number of methoxy groups -OCH3 is 1. The standard InChI is InChI=1S/C26H32N2O4/c1-5-7-8-17(6-2)25(29)28-19-10-12-23-21(14-19)22(15-27-23)16(3)20-11-9-18(26(30)31)13-24(20)32-4/h9-17,27H,5-8H2,1-4H3,(H,28,29)(H,30,31). The van der Waals surface area contributed by atoms with Gasteiger partial charge in [0.2, 0.25) is 5.91 Å². The summed E-state index contributed by atoms with van der Waals surface area (Å²) in [6.45, 7) is 6.25. The van der Waals surface area contributed by atoms with Gasteiger partial charge in [-0.25, -0.2) is 4.79 Å². The Labute approximate surface area is 189 Å². The van der Waals surface area contributed by atoms with Crippen molar-refractivity contribution < 1.29 is 19.4 Å². The van der Waals surface area contributed by atoms with E-state index in [2.05, 4.69) is 31.1 Å². The van der Waals surface area contributed by atoms with Gasteiger partial charge in [-0.3, -0.25) is 4.79 Å². The molecule has 1 aromatic heterocycles. The van der Waals surface area contributed by atoms with Crippen molar-refractivity contribution in [3.8, 4) is 5.75 Å². The number of aromatic carboxylic acids is 1. The lowest BCUT2D eigenvalue weighted by Crippen LogP contribution is -2.22. The van der Waals surface area contributed by atoms with Crippen molar-refractivity contribution >= 4 is 28.5 Å². The lowest BCUT2D eigenvalue weighted by atomic mass is 9.91. The molecule has 0 saturated carbocycles. The van der Waals surface area contributed by atoms with Crippen LogP contribution in [0.15, 0.2) is 42.6 Å². The Morgan fingerprint density at radius 1 is 1.12 bits per heavy atom. The minimum Gasteiger partial charge on any atom is -0.496 e. The maximum atomic E-state index is 12.8. The summed E-state index contributed by atoms with van der Waals surface area (Å²) in [6, 6.07) is 10.8. The lowest BCUT2D eigenvalue weighted by molar-refractivity contribution is -0.120. The number of aromatic nitrogens is 1. The lowest BCUT2D eigenvalue weighted by Gasteiger charge is -2.17. The summed E-state index contributed by atoms with van der Waals surface area (Å²) in [5, 5.41) is 13.4. The smallest absolute Gasteiger partial charge is 0.335 e. The second-order valence-electron chi connectivity index (χ2n) is 8.22. The zero-order valence-electron chi connectivity index (χ0n) is 19.2. The number of carbonyl (C=O) groups excluding carboxylic acids is 1. The van der Waals surface area contributed by atoms with Gasteiger partial charge in [0.15, 0.2) is 0 Å². The first-order valence-corrected chi connectivity index (χ1v) is 11.2. The third-order valence-corrected chi connectivity index (χ3v) is 6.16. The summed E-state index contributed by atoms with van der Waals surface area (Å²) in [7, 11) is 1.54. The van der Waals surface area contributed by atoms with E-state index >= 15 is 0 Å².